The van der Waals surface area contributed by atoms with Gasteiger partial charge in [0, 0.05) is 11.6 Å². The number of rotatable bonds is 3. The maximum atomic E-state index is 10.8. The summed E-state index contributed by atoms with van der Waals surface area (Å²) in [5.41, 5.74) is 1.41. The Hall–Kier alpha value is -1.32. The third-order valence-electron chi connectivity index (χ3n) is 5.53. The monoisotopic (exact) mass is 260 g/mol. The molecule has 4 bridgehead atoms. The molecule has 4 heteroatoms. The number of imidazole rings is 1. The zero-order valence-corrected chi connectivity index (χ0v) is 11.1. The molecule has 1 aromatic rings. The second kappa shape index (κ2) is 3.84. The van der Waals surface area contributed by atoms with Gasteiger partial charge in [-0.25, -0.2) is 4.98 Å². The number of aliphatic carboxylic acids is 1. The lowest BCUT2D eigenvalue weighted by molar-refractivity contribution is -0.136. The van der Waals surface area contributed by atoms with E-state index in [0.29, 0.717) is 5.82 Å². The lowest BCUT2D eigenvalue weighted by atomic mass is 9.49. The molecule has 1 heterocycles. The van der Waals surface area contributed by atoms with Crippen LogP contribution in [0.1, 0.15) is 50.0 Å². The number of nitrogens with one attached hydrogen (secondary N) is 1. The van der Waals surface area contributed by atoms with Gasteiger partial charge in [0.15, 0.2) is 0 Å². The van der Waals surface area contributed by atoms with Crippen LogP contribution in [0.5, 0.6) is 0 Å². The maximum absolute atomic E-state index is 10.8. The Labute approximate surface area is 112 Å². The highest BCUT2D eigenvalue weighted by molar-refractivity contribution is 5.69. The number of hydrogen-bond acceptors (Lipinski definition) is 2. The van der Waals surface area contributed by atoms with E-state index in [0.717, 1.165) is 23.4 Å². The fourth-order valence-electron chi connectivity index (χ4n) is 5.29. The SMILES string of the molecule is O=C(O)Cc1nc(C23CC4CC(CC(C4)C2)C3)c[nH]1. The van der Waals surface area contributed by atoms with Gasteiger partial charge in [0.25, 0.3) is 0 Å². The van der Waals surface area contributed by atoms with Gasteiger partial charge >= 0.3 is 5.97 Å². The molecule has 0 saturated heterocycles. The van der Waals surface area contributed by atoms with Gasteiger partial charge in [-0.1, -0.05) is 0 Å². The lowest BCUT2D eigenvalue weighted by Crippen LogP contribution is -2.48. The van der Waals surface area contributed by atoms with Gasteiger partial charge in [-0.05, 0) is 56.3 Å². The highest BCUT2D eigenvalue weighted by atomic mass is 16.4. The summed E-state index contributed by atoms with van der Waals surface area (Å²) in [6, 6.07) is 0. The molecule has 19 heavy (non-hydrogen) atoms. The van der Waals surface area contributed by atoms with E-state index in [1.807, 2.05) is 6.20 Å². The van der Waals surface area contributed by atoms with Gasteiger partial charge in [-0.2, -0.15) is 0 Å². The molecule has 0 amide bonds. The Kier molecular flexibility index (Phi) is 2.32. The number of H-pyrrole nitrogens is 1. The average molecular weight is 260 g/mol. The maximum Gasteiger partial charge on any atom is 0.311 e. The van der Waals surface area contributed by atoms with Crippen molar-refractivity contribution in [2.75, 3.05) is 0 Å². The topological polar surface area (TPSA) is 66.0 Å². The molecule has 0 atom stereocenters. The summed E-state index contributed by atoms with van der Waals surface area (Å²) < 4.78 is 0. The largest absolute Gasteiger partial charge is 0.481 e. The number of carbonyl (C=O) groups is 1. The van der Waals surface area contributed by atoms with Crippen LogP contribution in [0.15, 0.2) is 6.20 Å². The predicted molar refractivity (Wildman–Crippen MR) is 69.8 cm³/mol. The van der Waals surface area contributed by atoms with Crippen LogP contribution in [0.25, 0.3) is 0 Å². The third-order valence-corrected chi connectivity index (χ3v) is 5.53. The first-order valence-corrected chi connectivity index (χ1v) is 7.39. The van der Waals surface area contributed by atoms with Crippen molar-refractivity contribution in [2.24, 2.45) is 17.8 Å². The van der Waals surface area contributed by atoms with Crippen molar-refractivity contribution in [1.82, 2.24) is 9.97 Å². The molecule has 102 valence electrons. The minimum Gasteiger partial charge on any atom is -0.481 e. The highest BCUT2D eigenvalue weighted by Crippen LogP contribution is 2.60. The molecule has 2 N–H and O–H groups in total. The zero-order chi connectivity index (χ0) is 13.0. The standard InChI is InChI=1S/C15H20N2O2/c18-14(19)4-13-16-8-12(17-13)15-5-9-1-10(6-15)3-11(2-9)7-15/h8-11H,1-7H2,(H,16,17)(H,18,19). The Morgan fingerprint density at radius 2 is 1.84 bits per heavy atom. The minimum atomic E-state index is -0.814. The van der Waals surface area contributed by atoms with Gasteiger partial charge in [0.1, 0.15) is 12.2 Å². The van der Waals surface area contributed by atoms with Crippen molar-refractivity contribution >= 4 is 5.97 Å². The van der Waals surface area contributed by atoms with E-state index in [1.54, 1.807) is 0 Å². The molecule has 1 aromatic heterocycles. The van der Waals surface area contributed by atoms with Gasteiger partial charge in [-0.3, -0.25) is 4.79 Å². The molecule has 5 rings (SSSR count). The zero-order valence-electron chi connectivity index (χ0n) is 11.1. The Bertz CT molecular complexity index is 485. The lowest BCUT2D eigenvalue weighted by Gasteiger charge is -2.56. The quantitative estimate of drug-likeness (QED) is 0.877. The second-order valence-corrected chi connectivity index (χ2v) is 7.00. The summed E-state index contributed by atoms with van der Waals surface area (Å²) in [6.45, 7) is 0. The van der Waals surface area contributed by atoms with Crippen LogP contribution in [0.2, 0.25) is 0 Å². The summed E-state index contributed by atoms with van der Waals surface area (Å²) >= 11 is 0. The molecule has 0 unspecified atom stereocenters. The molecule has 4 fully saturated rings. The normalized spacial score (nSPS) is 39.7. The number of nitrogens with zero attached hydrogens (tertiary/aromatic N) is 1. The molecule has 0 aromatic carbocycles. The Morgan fingerprint density at radius 3 is 2.37 bits per heavy atom. The summed E-state index contributed by atoms with van der Waals surface area (Å²) in [7, 11) is 0. The number of carboxylic acid groups (broad SMARTS) is 1. The van der Waals surface area contributed by atoms with Crippen LogP contribution in [0.4, 0.5) is 0 Å². The molecule has 4 saturated carbocycles. The van der Waals surface area contributed by atoms with Crippen molar-refractivity contribution in [3.63, 3.8) is 0 Å². The Morgan fingerprint density at radius 1 is 1.26 bits per heavy atom. The first-order valence-electron chi connectivity index (χ1n) is 7.39. The molecule has 0 spiro atoms. The van der Waals surface area contributed by atoms with Crippen LogP contribution >= 0.6 is 0 Å². The number of aromatic amines is 1. The molecule has 4 aliphatic carbocycles. The van der Waals surface area contributed by atoms with E-state index >= 15 is 0 Å². The highest BCUT2D eigenvalue weighted by Gasteiger charge is 2.52. The fourth-order valence-corrected chi connectivity index (χ4v) is 5.29. The third kappa shape index (κ3) is 1.80. The molecule has 4 nitrogen and oxygen atoms in total. The first kappa shape index (κ1) is 11.5. The van der Waals surface area contributed by atoms with E-state index < -0.39 is 5.97 Å². The van der Waals surface area contributed by atoms with E-state index in [1.165, 1.54) is 38.5 Å². The average Bonchev–Trinajstić information content (AvgIpc) is 2.75. The molecule has 0 radical (unpaired) electrons. The van der Waals surface area contributed by atoms with Crippen LogP contribution in [-0.2, 0) is 16.6 Å². The molecular weight excluding hydrogens is 240 g/mol. The summed E-state index contributed by atoms with van der Waals surface area (Å²) in [5, 5.41) is 8.85. The van der Waals surface area contributed by atoms with Gasteiger partial charge in [0.05, 0.1) is 5.69 Å². The molecule has 4 aliphatic rings. The van der Waals surface area contributed by atoms with E-state index in [9.17, 15) is 4.79 Å². The van der Waals surface area contributed by atoms with E-state index in [-0.39, 0.29) is 11.8 Å². The predicted octanol–water partition coefficient (Wildman–Crippen LogP) is 2.50. The van der Waals surface area contributed by atoms with Crippen molar-refractivity contribution in [2.45, 2.75) is 50.4 Å². The fraction of sp³-hybridized carbons (Fsp3) is 0.733. The smallest absolute Gasteiger partial charge is 0.311 e. The van der Waals surface area contributed by atoms with Gasteiger partial charge in [0.2, 0.25) is 0 Å². The van der Waals surface area contributed by atoms with Crippen molar-refractivity contribution in [3.05, 3.63) is 17.7 Å². The van der Waals surface area contributed by atoms with Crippen molar-refractivity contribution < 1.29 is 9.90 Å². The van der Waals surface area contributed by atoms with Crippen molar-refractivity contribution in [1.29, 1.82) is 0 Å². The number of aromatic nitrogens is 2. The van der Waals surface area contributed by atoms with Gasteiger partial charge < -0.3 is 10.1 Å². The van der Waals surface area contributed by atoms with Gasteiger partial charge in [-0.15, -0.1) is 0 Å². The van der Waals surface area contributed by atoms with Crippen LogP contribution in [0, 0.1) is 17.8 Å². The van der Waals surface area contributed by atoms with Crippen molar-refractivity contribution in [3.8, 4) is 0 Å². The minimum absolute atomic E-state index is 0.00632. The van der Waals surface area contributed by atoms with Crippen LogP contribution < -0.4 is 0 Å². The number of carboxylic acids is 1. The molecular formula is C15H20N2O2. The number of hydrogen-bond donors (Lipinski definition) is 2. The summed E-state index contributed by atoms with van der Waals surface area (Å²) in [6.07, 6.45) is 10.1. The first-order chi connectivity index (χ1) is 9.13. The van der Waals surface area contributed by atoms with Crippen LogP contribution in [0.3, 0.4) is 0 Å². The van der Waals surface area contributed by atoms with Crippen LogP contribution in [-0.4, -0.2) is 21.0 Å². The second-order valence-electron chi connectivity index (χ2n) is 7.00. The Balaban J connectivity index is 1.64. The molecule has 0 aliphatic heterocycles. The summed E-state index contributed by atoms with van der Waals surface area (Å²) in [4.78, 5) is 18.4. The van der Waals surface area contributed by atoms with E-state index in [2.05, 4.69) is 9.97 Å². The van der Waals surface area contributed by atoms with E-state index in [4.69, 9.17) is 5.11 Å². The summed E-state index contributed by atoms with van der Waals surface area (Å²) in [5.74, 6) is 2.48.